The number of fused-ring (bicyclic) bond motifs is 2. The van der Waals surface area contributed by atoms with Gasteiger partial charge in [-0.2, -0.15) is 0 Å². The molecule has 2 aliphatic rings. The Morgan fingerprint density at radius 1 is 0.689 bits per heavy atom. The van der Waals surface area contributed by atoms with E-state index in [4.69, 9.17) is 9.72 Å². The fourth-order valence-electron chi connectivity index (χ4n) is 8.80. The monoisotopic (exact) mass is 824 g/mol. The molecule has 0 bridgehead atoms. The summed E-state index contributed by atoms with van der Waals surface area (Å²) < 4.78 is 4.78. The zero-order valence-electron chi connectivity index (χ0n) is 35.1. The number of hydrogen-bond donors (Lipinski definition) is 5. The molecule has 0 saturated carbocycles. The number of carbonyl (C=O) groups is 4. The maximum Gasteiger partial charge on any atom is 0.407 e. The van der Waals surface area contributed by atoms with E-state index >= 15 is 0 Å². The minimum Gasteiger partial charge on any atom is -0.465 e. The molecule has 14 nitrogen and oxygen atoms in total. The topological polar surface area (TPSA) is 186 Å². The third-order valence-corrected chi connectivity index (χ3v) is 12.1. The van der Waals surface area contributed by atoms with Crippen molar-refractivity contribution < 1.29 is 29.0 Å². The van der Waals surface area contributed by atoms with Crippen molar-refractivity contribution in [1.29, 1.82) is 0 Å². The molecule has 0 aliphatic carbocycles. The largest absolute Gasteiger partial charge is 0.465 e. The Labute approximate surface area is 354 Å². The van der Waals surface area contributed by atoms with E-state index in [0.717, 1.165) is 86.8 Å². The second-order valence-electron chi connectivity index (χ2n) is 16.8. The average Bonchev–Trinajstić information content (AvgIpc) is 4.10. The van der Waals surface area contributed by atoms with Crippen molar-refractivity contribution in [1.82, 2.24) is 40.4 Å². The number of likely N-dealkylation sites (tertiary alicyclic amines) is 2. The van der Waals surface area contributed by atoms with E-state index in [9.17, 15) is 24.3 Å². The summed E-state index contributed by atoms with van der Waals surface area (Å²) in [6.45, 7) is 8.63. The summed E-state index contributed by atoms with van der Waals surface area (Å²) in [5, 5.41) is 16.7. The van der Waals surface area contributed by atoms with E-state index in [1.807, 2.05) is 38.7 Å². The SMILES string of the molecule is COC(=O)N[C@H](C(=O)N1CCCC1c1nc2ccc(-c3ccc4ccc(-c5ccc(-c6cnc([C@@H]7CCCN7C(=O)[C@@H](NC(=O)O)C(C)C)[nH]6)cc5)cc4c3)cc2[nH]1)C(C)C. The zero-order valence-corrected chi connectivity index (χ0v) is 35.1. The number of carbonyl (C=O) groups excluding carboxylic acids is 3. The van der Waals surface area contributed by atoms with Crippen LogP contribution in [0.5, 0.6) is 0 Å². The van der Waals surface area contributed by atoms with Gasteiger partial charge >= 0.3 is 12.2 Å². The second kappa shape index (κ2) is 17.1. The van der Waals surface area contributed by atoms with Gasteiger partial charge in [-0.25, -0.2) is 19.6 Å². The Hall–Kier alpha value is -6.70. The van der Waals surface area contributed by atoms with Crippen LogP contribution in [0.3, 0.4) is 0 Å². The van der Waals surface area contributed by atoms with E-state index in [2.05, 4.69) is 98.4 Å². The van der Waals surface area contributed by atoms with Crippen LogP contribution in [0.15, 0.2) is 85.1 Å². The number of aromatic nitrogens is 4. The van der Waals surface area contributed by atoms with Gasteiger partial charge in [0.25, 0.3) is 0 Å². The molecule has 316 valence electrons. The number of amides is 4. The fourth-order valence-corrected chi connectivity index (χ4v) is 8.80. The maximum atomic E-state index is 13.7. The lowest BCUT2D eigenvalue weighted by Gasteiger charge is -2.29. The first-order valence-corrected chi connectivity index (χ1v) is 21.0. The molecule has 2 aromatic heterocycles. The van der Waals surface area contributed by atoms with Crippen molar-refractivity contribution in [2.75, 3.05) is 20.2 Å². The lowest BCUT2D eigenvalue weighted by atomic mass is 9.97. The van der Waals surface area contributed by atoms with Crippen molar-refractivity contribution in [3.63, 3.8) is 0 Å². The van der Waals surface area contributed by atoms with Gasteiger partial charge in [-0.05, 0) is 100 Å². The molecule has 1 unspecified atom stereocenters. The fraction of sp³-hybridized carbons (Fsp3) is 0.362. The molecule has 0 radical (unpaired) electrons. The summed E-state index contributed by atoms with van der Waals surface area (Å²) in [6.07, 6.45) is 3.14. The highest BCUT2D eigenvalue weighted by Gasteiger charge is 2.39. The summed E-state index contributed by atoms with van der Waals surface area (Å²) in [4.78, 5) is 70.6. The molecule has 5 N–H and O–H groups in total. The highest BCUT2D eigenvalue weighted by molar-refractivity contribution is 5.93. The Kier molecular flexibility index (Phi) is 11.5. The predicted octanol–water partition coefficient (Wildman–Crippen LogP) is 8.44. The predicted molar refractivity (Wildman–Crippen MR) is 233 cm³/mol. The number of methoxy groups -OCH3 is 1. The number of H-pyrrole nitrogens is 2. The van der Waals surface area contributed by atoms with Crippen LogP contribution in [0, 0.1) is 11.8 Å². The highest BCUT2D eigenvalue weighted by atomic mass is 16.5. The van der Waals surface area contributed by atoms with E-state index < -0.39 is 24.3 Å². The van der Waals surface area contributed by atoms with Gasteiger partial charge in [0, 0.05) is 13.1 Å². The van der Waals surface area contributed by atoms with E-state index in [0.29, 0.717) is 18.9 Å². The normalized spacial score (nSPS) is 17.6. The number of aromatic amines is 2. The van der Waals surface area contributed by atoms with E-state index in [1.54, 1.807) is 11.1 Å². The summed E-state index contributed by atoms with van der Waals surface area (Å²) in [5.41, 5.74) is 7.79. The summed E-state index contributed by atoms with van der Waals surface area (Å²) in [7, 11) is 1.29. The van der Waals surface area contributed by atoms with Crippen molar-refractivity contribution in [3.05, 3.63) is 96.7 Å². The Morgan fingerprint density at radius 2 is 1.23 bits per heavy atom. The highest BCUT2D eigenvalue weighted by Crippen LogP contribution is 2.36. The molecule has 4 amide bonds. The van der Waals surface area contributed by atoms with E-state index in [1.165, 1.54) is 7.11 Å². The van der Waals surface area contributed by atoms with Crippen LogP contribution in [0.4, 0.5) is 9.59 Å². The minimum absolute atomic E-state index is 0.112. The average molecular weight is 825 g/mol. The number of carboxylic acid groups (broad SMARTS) is 1. The summed E-state index contributed by atoms with van der Waals surface area (Å²) >= 11 is 0. The first kappa shape index (κ1) is 41.1. The van der Waals surface area contributed by atoms with Gasteiger partial charge in [0.05, 0.1) is 42.1 Å². The van der Waals surface area contributed by atoms with Crippen LogP contribution in [0.1, 0.15) is 77.1 Å². The molecule has 4 aromatic carbocycles. The van der Waals surface area contributed by atoms with Gasteiger partial charge in [-0.15, -0.1) is 0 Å². The van der Waals surface area contributed by atoms with Gasteiger partial charge in [-0.1, -0.05) is 82.3 Å². The third kappa shape index (κ3) is 8.39. The minimum atomic E-state index is -1.21. The van der Waals surface area contributed by atoms with Gasteiger partial charge < -0.3 is 40.2 Å². The first-order valence-electron chi connectivity index (χ1n) is 21.0. The Bertz CT molecular complexity index is 2600. The van der Waals surface area contributed by atoms with Crippen molar-refractivity contribution in [3.8, 4) is 33.5 Å². The molecule has 8 rings (SSSR count). The lowest BCUT2D eigenvalue weighted by molar-refractivity contribution is -0.136. The number of ether oxygens (including phenoxy) is 1. The van der Waals surface area contributed by atoms with Crippen LogP contribution in [-0.4, -0.2) is 91.1 Å². The first-order chi connectivity index (χ1) is 29.4. The van der Waals surface area contributed by atoms with Crippen LogP contribution in [0.25, 0.3) is 55.3 Å². The molecular formula is C47H52N8O6. The van der Waals surface area contributed by atoms with Gasteiger partial charge in [0.15, 0.2) is 0 Å². The lowest BCUT2D eigenvalue weighted by Crippen LogP contribution is -2.51. The van der Waals surface area contributed by atoms with Gasteiger partial charge in [0.2, 0.25) is 11.8 Å². The molecule has 6 aromatic rings. The molecular weight excluding hydrogens is 773 g/mol. The van der Waals surface area contributed by atoms with Crippen LogP contribution in [-0.2, 0) is 14.3 Å². The van der Waals surface area contributed by atoms with E-state index in [-0.39, 0.29) is 35.7 Å². The molecule has 61 heavy (non-hydrogen) atoms. The van der Waals surface area contributed by atoms with Crippen LogP contribution < -0.4 is 10.6 Å². The Balaban J connectivity index is 0.980. The van der Waals surface area contributed by atoms with Crippen molar-refractivity contribution in [2.24, 2.45) is 11.8 Å². The summed E-state index contributed by atoms with van der Waals surface area (Å²) in [6, 6.07) is 25.5. The molecule has 2 aliphatic heterocycles. The van der Waals surface area contributed by atoms with Gasteiger partial charge in [-0.3, -0.25) is 9.59 Å². The molecule has 4 heterocycles. The Morgan fingerprint density at radius 3 is 1.84 bits per heavy atom. The van der Waals surface area contributed by atoms with Crippen LogP contribution in [0.2, 0.25) is 0 Å². The molecule has 2 saturated heterocycles. The van der Waals surface area contributed by atoms with Crippen molar-refractivity contribution in [2.45, 2.75) is 77.5 Å². The second-order valence-corrected chi connectivity index (χ2v) is 16.8. The molecule has 4 atom stereocenters. The zero-order chi connectivity index (χ0) is 42.9. The number of alkyl carbamates (subject to hydrolysis) is 1. The number of benzene rings is 4. The van der Waals surface area contributed by atoms with Gasteiger partial charge in [0.1, 0.15) is 23.7 Å². The quantitative estimate of drug-likeness (QED) is 0.0862. The summed E-state index contributed by atoms with van der Waals surface area (Å²) in [5.74, 6) is 0.762. The third-order valence-electron chi connectivity index (χ3n) is 12.1. The van der Waals surface area contributed by atoms with Crippen molar-refractivity contribution >= 4 is 45.8 Å². The smallest absolute Gasteiger partial charge is 0.407 e. The molecule has 2 fully saturated rings. The maximum absolute atomic E-state index is 13.7. The van der Waals surface area contributed by atoms with Crippen LogP contribution >= 0.6 is 0 Å². The number of imidazole rings is 2. The number of nitrogens with one attached hydrogen (secondary N) is 4. The standard InChI is InChI=1S/C47H52N8O6/c1-26(2)40(52-46(58)59)44(56)54-20-6-8-38(54)42-48-25-37(51-42)30-14-10-28(11-15-30)31-16-12-29-13-17-32(23-34(29)22-31)33-18-19-35-36(24-33)50-43(49-35)39-9-7-21-55(39)45(57)41(27(3)4)53-47(60)61-5/h10-19,22-27,38-41,52H,6-9,20-21H2,1-5H3,(H,48,51)(H,49,50)(H,53,60)(H,58,59)/t38-,39?,40-,41-/m0/s1. The molecule has 14 heteroatoms. The number of hydrogen-bond acceptors (Lipinski definition) is 7. The number of rotatable bonds is 11. The number of nitrogens with zero attached hydrogens (tertiary/aromatic N) is 4. The molecule has 0 spiro atoms.